The Bertz CT molecular complexity index is 1240. The first-order valence-corrected chi connectivity index (χ1v) is 12.3. The number of carbonyl (C=O) groups excluding carboxylic acids is 3. The van der Waals surface area contributed by atoms with E-state index in [-0.39, 0.29) is 28.5 Å². The number of hydrogen-bond donors (Lipinski definition) is 1. The second-order valence-electron chi connectivity index (χ2n) is 7.66. The Morgan fingerprint density at radius 1 is 0.972 bits per heavy atom. The van der Waals surface area contributed by atoms with Crippen molar-refractivity contribution in [2.75, 3.05) is 43.3 Å². The van der Waals surface area contributed by atoms with Crippen LogP contribution in [0.3, 0.4) is 0 Å². The fourth-order valence-electron chi connectivity index (χ4n) is 3.60. The number of esters is 2. The summed E-state index contributed by atoms with van der Waals surface area (Å²) in [6.45, 7) is 6.09. The van der Waals surface area contributed by atoms with Crippen LogP contribution in [0.5, 0.6) is 0 Å². The zero-order valence-electron chi connectivity index (χ0n) is 20.9. The van der Waals surface area contributed by atoms with E-state index < -0.39 is 11.9 Å². The number of amides is 1. The van der Waals surface area contributed by atoms with Crippen molar-refractivity contribution in [1.29, 1.82) is 0 Å². The maximum Gasteiger partial charge on any atom is 0.339 e. The smallest absolute Gasteiger partial charge is 0.339 e. The van der Waals surface area contributed by atoms with Gasteiger partial charge in [0.25, 0.3) is 0 Å². The zero-order chi connectivity index (χ0) is 26.2. The van der Waals surface area contributed by atoms with Crippen molar-refractivity contribution in [2.45, 2.75) is 19.0 Å². The van der Waals surface area contributed by atoms with Gasteiger partial charge in [-0.1, -0.05) is 11.8 Å². The van der Waals surface area contributed by atoms with E-state index in [0.29, 0.717) is 11.0 Å². The average molecular weight is 512 g/mol. The van der Waals surface area contributed by atoms with Gasteiger partial charge >= 0.3 is 11.9 Å². The quantitative estimate of drug-likeness (QED) is 0.322. The molecular weight excluding hydrogens is 482 g/mol. The van der Waals surface area contributed by atoms with Gasteiger partial charge in [0.15, 0.2) is 11.0 Å². The minimum Gasteiger partial charge on any atom is -0.465 e. The number of nitrogens with zero attached hydrogens (tertiary/aromatic N) is 4. The van der Waals surface area contributed by atoms with Gasteiger partial charge in [0.2, 0.25) is 5.91 Å². The standard InChI is InChI=1S/C25H29N5O5S/c1-6-30(7-2)18-11-8-16(9-12-18)22-27-28-25(29(22)3)36-15-21(31)26-20-14-17(23(32)34-4)10-13-19(20)24(33)35-5/h8-14H,6-7,15H2,1-5H3,(H,26,31). The van der Waals surface area contributed by atoms with Crippen molar-refractivity contribution >= 4 is 41.0 Å². The molecule has 10 nitrogen and oxygen atoms in total. The van der Waals surface area contributed by atoms with Crippen molar-refractivity contribution < 1.29 is 23.9 Å². The number of anilines is 2. The minimum atomic E-state index is -0.640. The summed E-state index contributed by atoms with van der Waals surface area (Å²) in [5, 5.41) is 11.7. The van der Waals surface area contributed by atoms with Crippen LogP contribution in [0.15, 0.2) is 47.6 Å². The maximum absolute atomic E-state index is 12.7. The van der Waals surface area contributed by atoms with Crippen LogP contribution in [0.1, 0.15) is 34.6 Å². The molecule has 11 heteroatoms. The van der Waals surface area contributed by atoms with Gasteiger partial charge in [-0.25, -0.2) is 9.59 Å². The first-order valence-electron chi connectivity index (χ1n) is 11.3. The molecular formula is C25H29N5O5S. The van der Waals surface area contributed by atoms with E-state index in [1.165, 1.54) is 44.2 Å². The highest BCUT2D eigenvalue weighted by atomic mass is 32.2. The normalized spacial score (nSPS) is 10.6. The summed E-state index contributed by atoms with van der Waals surface area (Å²) in [6.07, 6.45) is 0. The molecule has 0 radical (unpaired) electrons. The van der Waals surface area contributed by atoms with Crippen LogP contribution >= 0.6 is 11.8 Å². The molecule has 0 fully saturated rings. The van der Waals surface area contributed by atoms with Gasteiger partial charge in [0.1, 0.15) is 0 Å². The number of rotatable bonds is 10. The summed E-state index contributed by atoms with van der Waals surface area (Å²) >= 11 is 1.20. The Labute approximate surface area is 214 Å². The molecule has 1 aromatic heterocycles. The second-order valence-corrected chi connectivity index (χ2v) is 8.61. The van der Waals surface area contributed by atoms with Crippen LogP contribution in [0, 0.1) is 0 Å². The number of aromatic nitrogens is 3. The number of carbonyl (C=O) groups is 3. The lowest BCUT2D eigenvalue weighted by atomic mass is 10.1. The number of methoxy groups -OCH3 is 2. The first kappa shape index (κ1) is 26.7. The molecule has 0 spiro atoms. The fourth-order valence-corrected chi connectivity index (χ4v) is 4.31. The monoisotopic (exact) mass is 511 g/mol. The van der Waals surface area contributed by atoms with Gasteiger partial charge in [0, 0.05) is 31.4 Å². The Morgan fingerprint density at radius 3 is 2.25 bits per heavy atom. The van der Waals surface area contributed by atoms with Crippen LogP contribution in [-0.4, -0.2) is 65.7 Å². The molecule has 0 aliphatic heterocycles. The van der Waals surface area contributed by atoms with Crippen molar-refractivity contribution in [3.05, 3.63) is 53.6 Å². The Hall–Kier alpha value is -3.86. The third-order valence-corrected chi connectivity index (χ3v) is 6.56. The van der Waals surface area contributed by atoms with Crippen molar-refractivity contribution in [2.24, 2.45) is 7.05 Å². The molecule has 3 aromatic rings. The zero-order valence-corrected chi connectivity index (χ0v) is 21.7. The molecule has 0 saturated heterocycles. The maximum atomic E-state index is 12.7. The van der Waals surface area contributed by atoms with E-state index in [9.17, 15) is 14.4 Å². The second kappa shape index (κ2) is 12.2. The molecule has 190 valence electrons. The van der Waals surface area contributed by atoms with Gasteiger partial charge in [-0.05, 0) is 56.3 Å². The molecule has 36 heavy (non-hydrogen) atoms. The van der Waals surface area contributed by atoms with Crippen LogP contribution in [-0.2, 0) is 21.3 Å². The molecule has 0 aliphatic rings. The molecule has 0 aliphatic carbocycles. The number of thioether (sulfide) groups is 1. The lowest BCUT2D eigenvalue weighted by Gasteiger charge is -2.21. The molecule has 1 N–H and O–H groups in total. The van der Waals surface area contributed by atoms with E-state index in [4.69, 9.17) is 9.47 Å². The number of benzene rings is 2. The highest BCUT2D eigenvalue weighted by Gasteiger charge is 2.19. The Balaban J connectivity index is 1.71. The predicted octanol–water partition coefficient (Wildman–Crippen LogP) is 3.63. The van der Waals surface area contributed by atoms with Crippen molar-refractivity contribution in [1.82, 2.24) is 14.8 Å². The molecule has 0 saturated carbocycles. The summed E-state index contributed by atoms with van der Waals surface area (Å²) < 4.78 is 11.3. The van der Waals surface area contributed by atoms with Gasteiger partial charge < -0.3 is 24.3 Å². The highest BCUT2D eigenvalue weighted by Crippen LogP contribution is 2.26. The highest BCUT2D eigenvalue weighted by molar-refractivity contribution is 7.99. The summed E-state index contributed by atoms with van der Waals surface area (Å²) in [6, 6.07) is 12.3. The first-order chi connectivity index (χ1) is 17.3. The number of nitrogens with one attached hydrogen (secondary N) is 1. The lowest BCUT2D eigenvalue weighted by molar-refractivity contribution is -0.113. The summed E-state index contributed by atoms with van der Waals surface area (Å²) in [7, 11) is 4.32. The average Bonchev–Trinajstić information content (AvgIpc) is 3.27. The molecule has 0 unspecified atom stereocenters. The molecule has 2 aromatic carbocycles. The van der Waals surface area contributed by atoms with E-state index in [1.54, 1.807) is 0 Å². The Kier molecular flexibility index (Phi) is 9.07. The minimum absolute atomic E-state index is 0.00986. The summed E-state index contributed by atoms with van der Waals surface area (Å²) in [5.74, 6) is -0.925. The molecule has 1 heterocycles. The molecule has 3 rings (SSSR count). The number of ether oxygens (including phenoxy) is 2. The van der Waals surface area contributed by atoms with Crippen LogP contribution in [0.4, 0.5) is 11.4 Å². The third kappa shape index (κ3) is 6.03. The Morgan fingerprint density at radius 2 is 1.64 bits per heavy atom. The van der Waals surface area contributed by atoms with Gasteiger partial charge in [-0.2, -0.15) is 0 Å². The van der Waals surface area contributed by atoms with Gasteiger partial charge in [-0.15, -0.1) is 10.2 Å². The number of hydrogen-bond acceptors (Lipinski definition) is 9. The molecule has 0 atom stereocenters. The van der Waals surface area contributed by atoms with E-state index in [2.05, 4.69) is 46.4 Å². The van der Waals surface area contributed by atoms with Gasteiger partial charge in [0.05, 0.1) is 36.8 Å². The van der Waals surface area contributed by atoms with E-state index in [0.717, 1.165) is 24.3 Å². The molecule has 0 bridgehead atoms. The SMILES string of the molecule is CCN(CC)c1ccc(-c2nnc(SCC(=O)Nc3cc(C(=O)OC)ccc3C(=O)OC)n2C)cc1. The van der Waals surface area contributed by atoms with Crippen LogP contribution in [0.25, 0.3) is 11.4 Å². The van der Waals surface area contributed by atoms with Crippen molar-refractivity contribution in [3.63, 3.8) is 0 Å². The topological polar surface area (TPSA) is 116 Å². The van der Waals surface area contributed by atoms with Crippen LogP contribution < -0.4 is 10.2 Å². The van der Waals surface area contributed by atoms with E-state index in [1.807, 2.05) is 23.7 Å². The summed E-state index contributed by atoms with van der Waals surface area (Å²) in [4.78, 5) is 38.9. The predicted molar refractivity (Wildman–Crippen MR) is 138 cm³/mol. The lowest BCUT2D eigenvalue weighted by Crippen LogP contribution is -2.21. The largest absolute Gasteiger partial charge is 0.465 e. The van der Waals surface area contributed by atoms with E-state index >= 15 is 0 Å². The van der Waals surface area contributed by atoms with Gasteiger partial charge in [-0.3, -0.25) is 4.79 Å². The van der Waals surface area contributed by atoms with Crippen LogP contribution in [0.2, 0.25) is 0 Å². The molecule has 1 amide bonds. The summed E-state index contributed by atoms with van der Waals surface area (Å²) in [5.41, 5.74) is 2.53. The third-order valence-electron chi connectivity index (χ3n) is 5.54. The van der Waals surface area contributed by atoms with Crippen molar-refractivity contribution in [3.8, 4) is 11.4 Å². The fraction of sp³-hybridized carbons (Fsp3) is 0.320.